The van der Waals surface area contributed by atoms with Gasteiger partial charge in [0.1, 0.15) is 11.9 Å². The van der Waals surface area contributed by atoms with Crippen LogP contribution in [0.4, 0.5) is 11.8 Å². The second-order valence-electron chi connectivity index (χ2n) is 7.54. The molecule has 0 aliphatic carbocycles. The summed E-state index contributed by atoms with van der Waals surface area (Å²) < 4.78 is 0. The number of allylic oxidation sites excluding steroid dienone is 1. The number of nitrogens with one attached hydrogen (secondary N) is 2. The number of aromatic amines is 1. The van der Waals surface area contributed by atoms with Crippen LogP contribution in [0.25, 0.3) is 0 Å². The predicted octanol–water partition coefficient (Wildman–Crippen LogP) is 0.675. The number of nitrogens with two attached hydrogens (primary N) is 3. The van der Waals surface area contributed by atoms with E-state index in [1.807, 2.05) is 0 Å². The maximum atomic E-state index is 12.4. The molecule has 2 rings (SSSR count). The highest BCUT2D eigenvalue weighted by Gasteiger charge is 2.21. The van der Waals surface area contributed by atoms with Crippen molar-refractivity contribution in [1.82, 2.24) is 15.3 Å². The summed E-state index contributed by atoms with van der Waals surface area (Å²) >= 11 is 0. The number of aliphatic carboxylic acids is 1. The molecule has 33 heavy (non-hydrogen) atoms. The van der Waals surface area contributed by atoms with Crippen LogP contribution in [0.15, 0.2) is 41.7 Å². The molecule has 11 nitrogen and oxygen atoms in total. The number of primary amides is 1. The van der Waals surface area contributed by atoms with Crippen LogP contribution in [0.5, 0.6) is 0 Å². The van der Waals surface area contributed by atoms with Crippen molar-refractivity contribution in [1.29, 1.82) is 0 Å². The molecule has 176 valence electrons. The molecule has 0 aliphatic heterocycles. The number of anilines is 2. The summed E-state index contributed by atoms with van der Waals surface area (Å²) in [6.07, 6.45) is 3.25. The lowest BCUT2D eigenvalue weighted by molar-refractivity contribution is -0.139. The first kappa shape index (κ1) is 25.1. The standard InChI is InChI=1S/C22H28N6O5/c1-2-12(4-3-5-15-18(24)27-22(25)28-20(15)31)13-6-8-14(9-7-13)19(30)26-16(21(32)33)10-11-17(23)29/h2,6-9,12,16H,1,3-5,10-11H2,(H2,23,29)(H,26,30)(H,32,33)(H5,24,25,27,28,31)/t12?,16-/m0/s1. The van der Waals surface area contributed by atoms with Gasteiger partial charge in [0.25, 0.3) is 11.5 Å². The number of carbonyl (C=O) groups excluding carboxylic acids is 2. The topological polar surface area (TPSA) is 207 Å². The minimum absolute atomic E-state index is 0.0307. The number of carboxylic acids is 1. The van der Waals surface area contributed by atoms with Gasteiger partial charge in [-0.1, -0.05) is 18.2 Å². The zero-order valence-corrected chi connectivity index (χ0v) is 18.0. The molecule has 0 saturated carbocycles. The molecule has 0 bridgehead atoms. The van der Waals surface area contributed by atoms with Crippen LogP contribution in [0.3, 0.4) is 0 Å². The minimum atomic E-state index is -1.25. The number of carboxylic acid groups (broad SMARTS) is 1. The van der Waals surface area contributed by atoms with Crippen LogP contribution in [0, 0.1) is 0 Å². The monoisotopic (exact) mass is 456 g/mol. The summed E-state index contributed by atoms with van der Waals surface area (Å²) in [6, 6.07) is 5.46. The Hall–Kier alpha value is -4.15. The van der Waals surface area contributed by atoms with Crippen molar-refractivity contribution in [3.05, 3.63) is 64.0 Å². The Morgan fingerprint density at radius 1 is 1.18 bits per heavy atom. The number of nitrogens with zero attached hydrogens (tertiary/aromatic N) is 1. The van der Waals surface area contributed by atoms with Gasteiger partial charge in [-0.2, -0.15) is 4.98 Å². The summed E-state index contributed by atoms with van der Waals surface area (Å²) in [6.45, 7) is 3.86. The van der Waals surface area contributed by atoms with Gasteiger partial charge in [-0.15, -0.1) is 6.58 Å². The van der Waals surface area contributed by atoms with E-state index in [0.29, 0.717) is 24.8 Å². The second kappa shape index (κ2) is 11.5. The van der Waals surface area contributed by atoms with Gasteiger partial charge in [0, 0.05) is 17.9 Å². The molecule has 1 unspecified atom stereocenters. The van der Waals surface area contributed by atoms with E-state index in [4.69, 9.17) is 17.2 Å². The fourth-order valence-corrected chi connectivity index (χ4v) is 3.36. The molecular weight excluding hydrogens is 428 g/mol. The molecule has 11 heteroatoms. The number of hydrogen-bond acceptors (Lipinski definition) is 7. The molecule has 0 fully saturated rings. The molecule has 0 radical (unpaired) electrons. The van der Waals surface area contributed by atoms with Crippen molar-refractivity contribution < 1.29 is 19.5 Å². The molecule has 0 spiro atoms. The number of benzene rings is 1. The first-order chi connectivity index (χ1) is 15.6. The molecule has 2 amide bonds. The Labute approximate surface area is 190 Å². The van der Waals surface area contributed by atoms with Crippen molar-refractivity contribution in [3.8, 4) is 0 Å². The quantitative estimate of drug-likeness (QED) is 0.250. The predicted molar refractivity (Wildman–Crippen MR) is 123 cm³/mol. The molecule has 0 saturated heterocycles. The van der Waals surface area contributed by atoms with E-state index in [2.05, 4.69) is 21.9 Å². The van der Waals surface area contributed by atoms with Gasteiger partial charge in [-0.05, 0) is 43.4 Å². The molecule has 1 aromatic carbocycles. The van der Waals surface area contributed by atoms with Gasteiger partial charge >= 0.3 is 5.97 Å². The Bertz CT molecular complexity index is 1080. The van der Waals surface area contributed by atoms with Crippen LogP contribution in [-0.4, -0.2) is 38.9 Å². The average molecular weight is 457 g/mol. The van der Waals surface area contributed by atoms with Gasteiger partial charge in [-0.25, -0.2) is 4.79 Å². The van der Waals surface area contributed by atoms with E-state index < -0.39 is 23.8 Å². The number of hydrogen-bond donors (Lipinski definition) is 6. The number of amides is 2. The van der Waals surface area contributed by atoms with Crippen molar-refractivity contribution in [2.45, 2.75) is 44.1 Å². The van der Waals surface area contributed by atoms with Crippen LogP contribution >= 0.6 is 0 Å². The van der Waals surface area contributed by atoms with Crippen molar-refractivity contribution in [3.63, 3.8) is 0 Å². The van der Waals surface area contributed by atoms with Gasteiger partial charge in [0.05, 0.1) is 5.56 Å². The first-order valence-electron chi connectivity index (χ1n) is 10.3. The number of carbonyl (C=O) groups is 3. The highest BCUT2D eigenvalue weighted by atomic mass is 16.4. The third-order valence-corrected chi connectivity index (χ3v) is 5.18. The summed E-state index contributed by atoms with van der Waals surface area (Å²) in [5.41, 5.74) is 17.5. The van der Waals surface area contributed by atoms with Crippen LogP contribution in [-0.2, 0) is 16.0 Å². The maximum absolute atomic E-state index is 12.4. The van der Waals surface area contributed by atoms with Crippen molar-refractivity contribution >= 4 is 29.5 Å². The Kier molecular flexibility index (Phi) is 8.72. The van der Waals surface area contributed by atoms with Crippen LogP contribution in [0.1, 0.15) is 53.1 Å². The molecule has 2 atom stereocenters. The summed E-state index contributed by atoms with van der Waals surface area (Å²) in [4.78, 5) is 52.9. The Morgan fingerprint density at radius 2 is 1.85 bits per heavy atom. The fraction of sp³-hybridized carbons (Fsp3) is 0.318. The smallest absolute Gasteiger partial charge is 0.326 e. The van der Waals surface area contributed by atoms with E-state index in [-0.39, 0.29) is 41.6 Å². The first-order valence-corrected chi connectivity index (χ1v) is 10.3. The molecule has 9 N–H and O–H groups in total. The van der Waals surface area contributed by atoms with E-state index in [9.17, 15) is 24.3 Å². The van der Waals surface area contributed by atoms with Crippen LogP contribution in [0.2, 0.25) is 0 Å². The zero-order chi connectivity index (χ0) is 24.5. The number of H-pyrrole nitrogens is 1. The summed E-state index contributed by atoms with van der Waals surface area (Å²) in [5, 5.41) is 11.6. The van der Waals surface area contributed by atoms with E-state index in [1.54, 1.807) is 30.3 Å². The van der Waals surface area contributed by atoms with E-state index in [0.717, 1.165) is 5.56 Å². The lowest BCUT2D eigenvalue weighted by atomic mass is 9.92. The molecule has 1 aromatic heterocycles. The third-order valence-electron chi connectivity index (χ3n) is 5.18. The molecular formula is C22H28N6O5. The number of aromatic nitrogens is 2. The Balaban J connectivity index is 1.99. The second-order valence-corrected chi connectivity index (χ2v) is 7.54. The van der Waals surface area contributed by atoms with Gasteiger partial charge in [0.15, 0.2) is 0 Å². The van der Waals surface area contributed by atoms with E-state index in [1.165, 1.54) is 0 Å². The largest absolute Gasteiger partial charge is 0.480 e. The highest BCUT2D eigenvalue weighted by Crippen LogP contribution is 2.24. The lowest BCUT2D eigenvalue weighted by Crippen LogP contribution is -2.41. The van der Waals surface area contributed by atoms with E-state index >= 15 is 0 Å². The van der Waals surface area contributed by atoms with Gasteiger partial charge in [0.2, 0.25) is 11.9 Å². The Morgan fingerprint density at radius 3 is 2.39 bits per heavy atom. The number of rotatable bonds is 12. The highest BCUT2D eigenvalue weighted by molar-refractivity contribution is 5.96. The van der Waals surface area contributed by atoms with Gasteiger partial charge in [-0.3, -0.25) is 19.4 Å². The number of nitrogen functional groups attached to an aromatic ring is 2. The fourth-order valence-electron chi connectivity index (χ4n) is 3.36. The summed E-state index contributed by atoms with van der Waals surface area (Å²) in [5.74, 6) is -2.42. The lowest BCUT2D eigenvalue weighted by Gasteiger charge is -2.15. The maximum Gasteiger partial charge on any atom is 0.326 e. The molecule has 0 aliphatic rings. The van der Waals surface area contributed by atoms with Crippen molar-refractivity contribution in [2.24, 2.45) is 5.73 Å². The zero-order valence-electron chi connectivity index (χ0n) is 18.0. The molecule has 2 aromatic rings. The summed E-state index contributed by atoms with van der Waals surface area (Å²) in [7, 11) is 0. The van der Waals surface area contributed by atoms with Crippen molar-refractivity contribution in [2.75, 3.05) is 11.5 Å². The molecule has 1 heterocycles. The third kappa shape index (κ3) is 7.20. The van der Waals surface area contributed by atoms with Crippen LogP contribution < -0.4 is 28.1 Å². The average Bonchev–Trinajstić information content (AvgIpc) is 2.75. The minimum Gasteiger partial charge on any atom is -0.480 e. The normalized spacial score (nSPS) is 12.5. The van der Waals surface area contributed by atoms with Gasteiger partial charge < -0.3 is 27.6 Å². The SMILES string of the molecule is C=CC(CCCc1c(N)nc(N)[nH]c1=O)c1ccc(C(=O)N[C@@H](CCC(N)=O)C(=O)O)cc1.